The lowest BCUT2D eigenvalue weighted by atomic mass is 10.0. The maximum Gasteiger partial charge on any atom is 0.287 e. The molecule has 1 aromatic heterocycles. The highest BCUT2D eigenvalue weighted by atomic mass is 79.9. The number of carbonyl (C=O) groups excluding carboxylic acids is 1. The highest BCUT2D eigenvalue weighted by Gasteiger charge is 2.35. The maximum atomic E-state index is 12.2. The average molecular weight is 330 g/mol. The first-order valence-corrected chi connectivity index (χ1v) is 7.29. The number of amides is 1. The second-order valence-electron chi connectivity index (χ2n) is 5.03. The molecule has 1 amide bonds. The minimum atomic E-state index is -0.493. The summed E-state index contributed by atoms with van der Waals surface area (Å²) in [5, 5.41) is 14.4. The van der Waals surface area contributed by atoms with E-state index in [9.17, 15) is 14.9 Å². The predicted octanol–water partition coefficient (Wildman–Crippen LogP) is 2.37. The van der Waals surface area contributed by atoms with Crippen LogP contribution in [0, 0.1) is 10.1 Å². The van der Waals surface area contributed by atoms with E-state index >= 15 is 0 Å². The predicted molar refractivity (Wildman–Crippen MR) is 74.5 cm³/mol. The summed E-state index contributed by atoms with van der Waals surface area (Å²) in [5.74, 6) is -0.253. The summed E-state index contributed by atoms with van der Waals surface area (Å²) in [6.07, 6.45) is 5.43. The molecule has 0 atom stereocenters. The van der Waals surface area contributed by atoms with Gasteiger partial charge in [0.15, 0.2) is 0 Å². The van der Waals surface area contributed by atoms with Gasteiger partial charge in [-0.2, -0.15) is 0 Å². The number of alkyl halides is 1. The molecule has 0 saturated heterocycles. The summed E-state index contributed by atoms with van der Waals surface area (Å²) in [5.41, 5.74) is 0.0433. The van der Waals surface area contributed by atoms with Crippen LogP contribution in [0.5, 0.6) is 0 Å². The van der Waals surface area contributed by atoms with Crippen LogP contribution in [0.4, 0.5) is 5.69 Å². The highest BCUT2D eigenvalue weighted by molar-refractivity contribution is 9.09. The number of aryl methyl sites for hydroxylation is 1. The third kappa shape index (κ3) is 2.80. The third-order valence-electron chi connectivity index (χ3n) is 3.63. The Morgan fingerprint density at radius 1 is 1.58 bits per heavy atom. The number of carbonyl (C=O) groups is 1. The fourth-order valence-electron chi connectivity index (χ4n) is 2.52. The Morgan fingerprint density at radius 3 is 2.68 bits per heavy atom. The van der Waals surface area contributed by atoms with Crippen molar-refractivity contribution in [3.05, 3.63) is 28.1 Å². The quantitative estimate of drug-likeness (QED) is 0.523. The first-order chi connectivity index (χ1) is 8.97. The number of nitro groups is 1. The summed E-state index contributed by atoms with van der Waals surface area (Å²) < 4.78 is 1.49. The van der Waals surface area contributed by atoms with Crippen LogP contribution in [0.25, 0.3) is 0 Å². The SMILES string of the molecule is Cn1cc([N+](=O)[O-])cc1C(=O)NC1(CBr)CCCC1. The fraction of sp³-hybridized carbons (Fsp3) is 0.583. The van der Waals surface area contributed by atoms with Crippen LogP contribution in [-0.2, 0) is 7.05 Å². The van der Waals surface area contributed by atoms with Crippen molar-refractivity contribution in [1.82, 2.24) is 9.88 Å². The van der Waals surface area contributed by atoms with Gasteiger partial charge < -0.3 is 9.88 Å². The van der Waals surface area contributed by atoms with Gasteiger partial charge in [-0.05, 0) is 12.8 Å². The van der Waals surface area contributed by atoms with Crippen LogP contribution in [0.2, 0.25) is 0 Å². The number of rotatable bonds is 4. The van der Waals surface area contributed by atoms with E-state index in [1.165, 1.54) is 16.8 Å². The molecule has 104 valence electrons. The zero-order chi connectivity index (χ0) is 14.0. The lowest BCUT2D eigenvalue weighted by Crippen LogP contribution is -2.48. The van der Waals surface area contributed by atoms with E-state index in [1.807, 2.05) is 0 Å². The summed E-state index contributed by atoms with van der Waals surface area (Å²) >= 11 is 3.45. The van der Waals surface area contributed by atoms with E-state index in [4.69, 9.17) is 0 Å². The molecule has 1 fully saturated rings. The molecular formula is C12H16BrN3O3. The zero-order valence-corrected chi connectivity index (χ0v) is 12.3. The summed E-state index contributed by atoms with van der Waals surface area (Å²) in [7, 11) is 1.64. The van der Waals surface area contributed by atoms with Crippen LogP contribution in [-0.4, -0.2) is 26.3 Å². The number of aromatic nitrogens is 1. The Bertz CT molecular complexity index is 506. The molecule has 0 aliphatic heterocycles. The lowest BCUT2D eigenvalue weighted by molar-refractivity contribution is -0.384. The van der Waals surface area contributed by atoms with E-state index in [1.54, 1.807) is 7.05 Å². The third-order valence-corrected chi connectivity index (χ3v) is 4.70. The molecule has 0 unspecified atom stereocenters. The van der Waals surface area contributed by atoms with Crippen molar-refractivity contribution in [2.75, 3.05) is 5.33 Å². The number of hydrogen-bond acceptors (Lipinski definition) is 3. The molecule has 0 bridgehead atoms. The van der Waals surface area contributed by atoms with Crippen molar-refractivity contribution in [2.45, 2.75) is 31.2 Å². The van der Waals surface area contributed by atoms with Crippen molar-refractivity contribution in [3.63, 3.8) is 0 Å². The van der Waals surface area contributed by atoms with Crippen molar-refractivity contribution in [3.8, 4) is 0 Å². The van der Waals surface area contributed by atoms with Crippen LogP contribution in [0.1, 0.15) is 36.2 Å². The molecule has 0 radical (unpaired) electrons. The molecule has 0 aromatic carbocycles. The number of nitrogens with zero attached hydrogens (tertiary/aromatic N) is 2. The van der Waals surface area contributed by atoms with Crippen molar-refractivity contribution < 1.29 is 9.72 Å². The monoisotopic (exact) mass is 329 g/mol. The Hall–Kier alpha value is -1.37. The van der Waals surface area contributed by atoms with Gasteiger partial charge in [-0.3, -0.25) is 14.9 Å². The average Bonchev–Trinajstić information content (AvgIpc) is 2.96. The smallest absolute Gasteiger partial charge is 0.287 e. The normalized spacial score (nSPS) is 17.4. The van der Waals surface area contributed by atoms with Gasteiger partial charge in [-0.15, -0.1) is 0 Å². The molecule has 7 heteroatoms. The molecule has 0 spiro atoms. The molecule has 1 aliphatic rings. The van der Waals surface area contributed by atoms with Gasteiger partial charge >= 0.3 is 0 Å². The van der Waals surface area contributed by atoms with Crippen LogP contribution < -0.4 is 5.32 Å². The first kappa shape index (κ1) is 14.0. The van der Waals surface area contributed by atoms with Crippen molar-refractivity contribution in [2.24, 2.45) is 7.05 Å². The Labute approximate surface area is 119 Å². The van der Waals surface area contributed by atoms with E-state index in [0.29, 0.717) is 11.0 Å². The van der Waals surface area contributed by atoms with Gasteiger partial charge in [0.25, 0.3) is 11.6 Å². The van der Waals surface area contributed by atoms with Crippen molar-refractivity contribution in [1.29, 1.82) is 0 Å². The van der Waals surface area contributed by atoms with Gasteiger partial charge in [0.05, 0.1) is 16.7 Å². The van der Waals surface area contributed by atoms with E-state index in [2.05, 4.69) is 21.2 Å². The summed E-state index contributed by atoms with van der Waals surface area (Å²) in [6.45, 7) is 0. The standard InChI is InChI=1S/C12H16BrN3O3/c1-15-7-9(16(18)19)6-10(15)11(17)14-12(8-13)4-2-3-5-12/h6-7H,2-5,8H2,1H3,(H,14,17). The molecule has 1 N–H and O–H groups in total. The van der Waals surface area contributed by atoms with Gasteiger partial charge in [0, 0.05) is 18.4 Å². The minimum absolute atomic E-state index is 0.0630. The molecule has 1 heterocycles. The number of halogens is 1. The van der Waals surface area contributed by atoms with Crippen LogP contribution >= 0.6 is 15.9 Å². The van der Waals surface area contributed by atoms with Crippen LogP contribution in [0.15, 0.2) is 12.3 Å². The fourth-order valence-corrected chi connectivity index (χ4v) is 3.22. The largest absolute Gasteiger partial charge is 0.344 e. The van der Waals surface area contributed by atoms with E-state index < -0.39 is 4.92 Å². The molecule has 1 aromatic rings. The Balaban J connectivity index is 2.18. The molecule has 2 rings (SSSR count). The molecule has 19 heavy (non-hydrogen) atoms. The Morgan fingerprint density at radius 2 is 2.21 bits per heavy atom. The van der Waals surface area contributed by atoms with E-state index in [0.717, 1.165) is 25.7 Å². The van der Waals surface area contributed by atoms with Crippen molar-refractivity contribution >= 4 is 27.5 Å². The molecular weight excluding hydrogens is 314 g/mol. The topological polar surface area (TPSA) is 77.2 Å². The van der Waals surface area contributed by atoms with Crippen LogP contribution in [0.3, 0.4) is 0 Å². The lowest BCUT2D eigenvalue weighted by Gasteiger charge is -2.28. The maximum absolute atomic E-state index is 12.2. The first-order valence-electron chi connectivity index (χ1n) is 6.17. The molecule has 1 saturated carbocycles. The molecule has 6 nitrogen and oxygen atoms in total. The van der Waals surface area contributed by atoms with Gasteiger partial charge in [-0.1, -0.05) is 28.8 Å². The number of nitrogens with one attached hydrogen (secondary N) is 1. The minimum Gasteiger partial charge on any atom is -0.344 e. The van der Waals surface area contributed by atoms with Gasteiger partial charge in [-0.25, -0.2) is 0 Å². The van der Waals surface area contributed by atoms with Gasteiger partial charge in [0.2, 0.25) is 0 Å². The summed E-state index contributed by atoms with van der Waals surface area (Å²) in [4.78, 5) is 22.5. The zero-order valence-electron chi connectivity index (χ0n) is 10.7. The second-order valence-corrected chi connectivity index (χ2v) is 5.59. The highest BCUT2D eigenvalue weighted by Crippen LogP contribution is 2.31. The van der Waals surface area contributed by atoms with E-state index in [-0.39, 0.29) is 17.1 Å². The second kappa shape index (κ2) is 5.32. The number of hydrogen-bond donors (Lipinski definition) is 1. The summed E-state index contributed by atoms with van der Waals surface area (Å²) in [6, 6.07) is 1.31. The van der Waals surface area contributed by atoms with Gasteiger partial charge in [0.1, 0.15) is 5.69 Å². The Kier molecular flexibility index (Phi) is 3.93. The molecule has 1 aliphatic carbocycles.